The van der Waals surface area contributed by atoms with Crippen molar-refractivity contribution in [2.45, 2.75) is 78.5 Å². The normalized spacial score (nSPS) is 25.2. The van der Waals surface area contributed by atoms with Gasteiger partial charge in [-0.1, -0.05) is 27.7 Å². The van der Waals surface area contributed by atoms with Gasteiger partial charge in [0.05, 0.1) is 5.04 Å². The molecule has 0 aliphatic heterocycles. The monoisotopic (exact) mass is 256 g/mol. The third-order valence-electron chi connectivity index (χ3n) is 3.23. The Balaban J connectivity index is 2.85. The summed E-state index contributed by atoms with van der Waals surface area (Å²) in [5, 5.41) is 1.59. The standard InChI is InChI=1S/C15H29NS/c1-11(2)16-14(17-12(3)4)13-7-9-15(5,6)10-8-13/h11-13H,7-10H2,1-6H3/i13D. The maximum atomic E-state index is 8.79. The van der Waals surface area contributed by atoms with Gasteiger partial charge in [0.1, 0.15) is 0 Å². The van der Waals surface area contributed by atoms with Gasteiger partial charge in [-0.25, -0.2) is 0 Å². The molecule has 1 fully saturated rings. The molecule has 0 bridgehead atoms. The first-order valence-electron chi connectivity index (χ1n) is 7.40. The van der Waals surface area contributed by atoms with E-state index in [1.165, 1.54) is 0 Å². The van der Waals surface area contributed by atoms with Crippen molar-refractivity contribution in [2.24, 2.45) is 16.3 Å². The fourth-order valence-corrected chi connectivity index (χ4v) is 3.19. The summed E-state index contributed by atoms with van der Waals surface area (Å²) < 4.78 is 8.79. The number of aliphatic imine (C=N–C) groups is 1. The van der Waals surface area contributed by atoms with Gasteiger partial charge in [-0.05, 0) is 44.9 Å². The van der Waals surface area contributed by atoms with Crippen molar-refractivity contribution in [3.05, 3.63) is 0 Å². The second-order valence-corrected chi connectivity index (χ2v) is 8.03. The first kappa shape index (κ1) is 13.5. The average Bonchev–Trinajstić information content (AvgIpc) is 2.21. The van der Waals surface area contributed by atoms with Crippen molar-refractivity contribution in [2.75, 3.05) is 0 Å². The minimum atomic E-state index is -0.422. The molecule has 1 saturated carbocycles. The Kier molecular flexibility index (Phi) is 4.96. The molecule has 1 aliphatic carbocycles. The van der Waals surface area contributed by atoms with E-state index in [1.54, 1.807) is 11.8 Å². The summed E-state index contributed by atoms with van der Waals surface area (Å²) in [6.07, 6.45) is 4.22. The van der Waals surface area contributed by atoms with Crippen LogP contribution in [0.5, 0.6) is 0 Å². The van der Waals surface area contributed by atoms with Crippen molar-refractivity contribution in [3.8, 4) is 0 Å². The van der Waals surface area contributed by atoms with Crippen LogP contribution in [0.25, 0.3) is 0 Å². The minimum Gasteiger partial charge on any atom is -0.280 e. The first-order valence-corrected chi connectivity index (χ1v) is 7.77. The van der Waals surface area contributed by atoms with Crippen molar-refractivity contribution in [1.82, 2.24) is 0 Å². The predicted octanol–water partition coefficient (Wildman–Crippen LogP) is 5.15. The van der Waals surface area contributed by atoms with E-state index < -0.39 is 5.89 Å². The van der Waals surface area contributed by atoms with Gasteiger partial charge in [0.2, 0.25) is 0 Å². The molecule has 0 heterocycles. The predicted molar refractivity (Wildman–Crippen MR) is 81.0 cm³/mol. The first-order chi connectivity index (χ1) is 8.15. The molecule has 1 aliphatic rings. The average molecular weight is 256 g/mol. The summed E-state index contributed by atoms with van der Waals surface area (Å²) >= 11 is 1.80. The van der Waals surface area contributed by atoms with Gasteiger partial charge < -0.3 is 0 Å². The molecule has 0 aromatic carbocycles. The molecule has 2 heteroatoms. The van der Waals surface area contributed by atoms with E-state index in [0.29, 0.717) is 16.7 Å². The molecule has 0 atom stereocenters. The number of rotatable bonds is 3. The maximum absolute atomic E-state index is 8.79. The molecule has 0 N–H and O–H groups in total. The molecule has 0 unspecified atom stereocenters. The van der Waals surface area contributed by atoms with E-state index in [2.05, 4.69) is 41.5 Å². The van der Waals surface area contributed by atoms with Gasteiger partial charge in [0.15, 0.2) is 0 Å². The lowest BCUT2D eigenvalue weighted by atomic mass is 9.73. The van der Waals surface area contributed by atoms with Gasteiger partial charge in [0.25, 0.3) is 0 Å². The molecule has 100 valence electrons. The van der Waals surface area contributed by atoms with E-state index >= 15 is 0 Å². The van der Waals surface area contributed by atoms with E-state index in [-0.39, 0.29) is 0 Å². The third kappa shape index (κ3) is 5.46. The molecule has 0 aromatic rings. The molecule has 1 nitrogen and oxygen atoms in total. The quantitative estimate of drug-likeness (QED) is 0.502. The van der Waals surface area contributed by atoms with Gasteiger partial charge >= 0.3 is 0 Å². The summed E-state index contributed by atoms with van der Waals surface area (Å²) in [6.45, 7) is 13.2. The molecule has 0 radical (unpaired) electrons. The van der Waals surface area contributed by atoms with E-state index in [0.717, 1.165) is 30.7 Å². The summed E-state index contributed by atoms with van der Waals surface area (Å²) in [7, 11) is 0. The number of thioether (sulfide) groups is 1. The Bertz CT molecular complexity index is 298. The zero-order chi connectivity index (χ0) is 14.0. The maximum Gasteiger partial charge on any atom is 0.0712 e. The van der Waals surface area contributed by atoms with Crippen LogP contribution in [0, 0.1) is 11.3 Å². The van der Waals surface area contributed by atoms with Crippen LogP contribution >= 0.6 is 11.8 Å². The second kappa shape index (κ2) is 6.26. The zero-order valence-electron chi connectivity index (χ0n) is 13.3. The van der Waals surface area contributed by atoms with Crippen LogP contribution < -0.4 is 0 Å². The van der Waals surface area contributed by atoms with E-state index in [1.807, 2.05) is 0 Å². The van der Waals surface area contributed by atoms with Crippen LogP contribution in [0.3, 0.4) is 0 Å². The zero-order valence-corrected chi connectivity index (χ0v) is 13.2. The molecule has 0 aromatic heterocycles. The Hall–Kier alpha value is 0.0200. The van der Waals surface area contributed by atoms with Gasteiger partial charge in [-0.15, -0.1) is 11.8 Å². The van der Waals surface area contributed by atoms with E-state index in [4.69, 9.17) is 6.36 Å². The lowest BCUT2D eigenvalue weighted by molar-refractivity contribution is 0.222. The van der Waals surface area contributed by atoms with Gasteiger partial charge in [0, 0.05) is 18.6 Å². The lowest BCUT2D eigenvalue weighted by Gasteiger charge is -2.35. The van der Waals surface area contributed by atoms with Crippen molar-refractivity contribution < 1.29 is 1.37 Å². The molecule has 17 heavy (non-hydrogen) atoms. The topological polar surface area (TPSA) is 12.4 Å². The summed E-state index contributed by atoms with van der Waals surface area (Å²) in [4.78, 5) is 4.75. The highest BCUT2D eigenvalue weighted by atomic mass is 32.2. The van der Waals surface area contributed by atoms with Crippen LogP contribution in [0.1, 0.15) is 68.6 Å². The fraction of sp³-hybridized carbons (Fsp3) is 0.933. The molecule has 0 saturated heterocycles. The largest absolute Gasteiger partial charge is 0.280 e. The number of hydrogen-bond acceptors (Lipinski definition) is 2. The number of nitrogens with zero attached hydrogens (tertiary/aromatic N) is 1. The molecule has 0 amide bonds. The summed E-state index contributed by atoms with van der Waals surface area (Å²) in [6, 6.07) is 0.295. The molecular weight excluding hydrogens is 226 g/mol. The Morgan fingerprint density at radius 3 is 2.18 bits per heavy atom. The Morgan fingerprint density at radius 2 is 1.76 bits per heavy atom. The third-order valence-corrected chi connectivity index (χ3v) is 4.32. The van der Waals surface area contributed by atoms with E-state index in [9.17, 15) is 0 Å². The second-order valence-electron chi connectivity index (χ2n) is 6.46. The van der Waals surface area contributed by atoms with Crippen LogP contribution in [0.2, 0.25) is 0 Å². The SMILES string of the molecule is [2H]C1(C(=NC(C)C)SC(C)C)CCC(C)(C)CC1. The van der Waals surface area contributed by atoms with Crippen LogP contribution in [-0.2, 0) is 0 Å². The fourth-order valence-electron chi connectivity index (χ4n) is 2.11. The Morgan fingerprint density at radius 1 is 1.24 bits per heavy atom. The summed E-state index contributed by atoms with van der Waals surface area (Å²) in [5.74, 6) is -0.422. The Labute approximate surface area is 113 Å². The van der Waals surface area contributed by atoms with Crippen molar-refractivity contribution in [1.29, 1.82) is 0 Å². The van der Waals surface area contributed by atoms with Crippen LogP contribution in [0.15, 0.2) is 4.99 Å². The lowest BCUT2D eigenvalue weighted by Crippen LogP contribution is -2.26. The van der Waals surface area contributed by atoms with Crippen LogP contribution in [0.4, 0.5) is 0 Å². The minimum absolute atomic E-state index is 0.295. The highest BCUT2D eigenvalue weighted by molar-refractivity contribution is 8.14. The highest BCUT2D eigenvalue weighted by Gasteiger charge is 2.29. The smallest absolute Gasteiger partial charge is 0.0712 e. The number of hydrogen-bond donors (Lipinski definition) is 0. The summed E-state index contributed by atoms with van der Waals surface area (Å²) in [5.41, 5.74) is 0.413. The van der Waals surface area contributed by atoms with Crippen LogP contribution in [-0.4, -0.2) is 16.3 Å². The van der Waals surface area contributed by atoms with Gasteiger partial charge in [-0.2, -0.15) is 0 Å². The highest BCUT2D eigenvalue weighted by Crippen LogP contribution is 2.40. The molecule has 1 rings (SSSR count). The van der Waals surface area contributed by atoms with Crippen molar-refractivity contribution >= 4 is 16.8 Å². The van der Waals surface area contributed by atoms with Gasteiger partial charge in [-0.3, -0.25) is 4.99 Å². The molecular formula is C15H29NS. The molecule has 0 spiro atoms. The van der Waals surface area contributed by atoms with Crippen molar-refractivity contribution in [3.63, 3.8) is 0 Å².